The monoisotopic (exact) mass is 265 g/mol. The number of pyridine rings is 1. The molecule has 2 rings (SSSR count). The first-order valence-electron chi connectivity index (χ1n) is 5.23. The fraction of sp³-hybridized carbons (Fsp3) is 0.182. The highest BCUT2D eigenvalue weighted by Gasteiger charge is 2.12. The first kappa shape index (κ1) is 12.4. The van der Waals surface area contributed by atoms with Gasteiger partial charge in [-0.05, 0) is 6.07 Å². The molecule has 94 valence electrons. The van der Waals surface area contributed by atoms with E-state index in [-0.39, 0.29) is 5.91 Å². The highest BCUT2D eigenvalue weighted by Crippen LogP contribution is 2.19. The third-order valence-corrected chi connectivity index (χ3v) is 2.62. The SMILES string of the molecule is CNc1cc(C(=O)Nc2cnn(C)c2)c(Cl)cn1. The number of aromatic nitrogens is 3. The quantitative estimate of drug-likeness (QED) is 0.887. The maximum atomic E-state index is 12.0. The van der Waals surface area contributed by atoms with E-state index in [0.717, 1.165) is 0 Å². The molecule has 0 unspecified atom stereocenters. The number of halogens is 1. The van der Waals surface area contributed by atoms with Crippen LogP contribution in [-0.2, 0) is 7.05 Å². The Morgan fingerprint density at radius 2 is 2.22 bits per heavy atom. The lowest BCUT2D eigenvalue weighted by atomic mass is 10.2. The molecule has 0 saturated heterocycles. The summed E-state index contributed by atoms with van der Waals surface area (Å²) < 4.78 is 1.60. The fourth-order valence-electron chi connectivity index (χ4n) is 1.43. The van der Waals surface area contributed by atoms with Gasteiger partial charge >= 0.3 is 0 Å². The lowest BCUT2D eigenvalue weighted by Crippen LogP contribution is -2.12. The van der Waals surface area contributed by atoms with Gasteiger partial charge in [-0.3, -0.25) is 9.48 Å². The summed E-state index contributed by atoms with van der Waals surface area (Å²) in [5.41, 5.74) is 0.973. The Balaban J connectivity index is 2.23. The van der Waals surface area contributed by atoms with Gasteiger partial charge in [-0.25, -0.2) is 4.98 Å². The van der Waals surface area contributed by atoms with Crippen LogP contribution in [-0.4, -0.2) is 27.7 Å². The second-order valence-corrected chi connectivity index (χ2v) is 4.06. The van der Waals surface area contributed by atoms with Gasteiger partial charge in [0.15, 0.2) is 0 Å². The molecule has 18 heavy (non-hydrogen) atoms. The van der Waals surface area contributed by atoms with Crippen molar-refractivity contribution in [2.75, 3.05) is 17.7 Å². The number of anilines is 2. The average Bonchev–Trinajstić information content (AvgIpc) is 2.75. The highest BCUT2D eigenvalue weighted by molar-refractivity contribution is 6.34. The van der Waals surface area contributed by atoms with Gasteiger partial charge in [0.05, 0.1) is 22.5 Å². The second-order valence-electron chi connectivity index (χ2n) is 3.66. The van der Waals surface area contributed by atoms with Crippen LogP contribution < -0.4 is 10.6 Å². The van der Waals surface area contributed by atoms with Gasteiger partial charge in [-0.2, -0.15) is 5.10 Å². The van der Waals surface area contributed by atoms with E-state index in [1.807, 2.05) is 0 Å². The zero-order valence-corrected chi connectivity index (χ0v) is 10.7. The van der Waals surface area contributed by atoms with E-state index < -0.39 is 0 Å². The van der Waals surface area contributed by atoms with Crippen LogP contribution in [0, 0.1) is 0 Å². The largest absolute Gasteiger partial charge is 0.373 e. The Morgan fingerprint density at radius 3 is 2.83 bits per heavy atom. The molecule has 0 aliphatic heterocycles. The molecule has 2 aromatic heterocycles. The van der Waals surface area contributed by atoms with E-state index >= 15 is 0 Å². The summed E-state index contributed by atoms with van der Waals surface area (Å²) >= 11 is 5.95. The van der Waals surface area contributed by atoms with Crippen molar-refractivity contribution in [1.29, 1.82) is 0 Å². The van der Waals surface area contributed by atoms with Gasteiger partial charge in [0.25, 0.3) is 5.91 Å². The van der Waals surface area contributed by atoms with Gasteiger partial charge in [0.2, 0.25) is 0 Å². The third kappa shape index (κ3) is 2.60. The Kier molecular flexibility index (Phi) is 3.47. The number of carbonyl (C=O) groups is 1. The topological polar surface area (TPSA) is 71.8 Å². The van der Waals surface area contributed by atoms with Crippen LogP contribution in [0.25, 0.3) is 0 Å². The standard InChI is InChI=1S/C11H12ClN5O/c1-13-10-3-8(9(12)5-14-10)11(18)16-7-4-15-17(2)6-7/h3-6H,1-2H3,(H,13,14)(H,16,18). The molecule has 0 aliphatic rings. The molecule has 0 bridgehead atoms. The molecule has 0 atom stereocenters. The van der Waals surface area contributed by atoms with Gasteiger partial charge < -0.3 is 10.6 Å². The van der Waals surface area contributed by atoms with Crippen LogP contribution in [0.15, 0.2) is 24.7 Å². The van der Waals surface area contributed by atoms with Crippen molar-refractivity contribution in [2.45, 2.75) is 0 Å². The highest BCUT2D eigenvalue weighted by atomic mass is 35.5. The molecule has 6 nitrogen and oxygen atoms in total. The van der Waals surface area contributed by atoms with E-state index in [1.165, 1.54) is 6.20 Å². The molecule has 0 aliphatic carbocycles. The average molecular weight is 266 g/mol. The molecule has 0 saturated carbocycles. The number of hydrogen-bond donors (Lipinski definition) is 2. The van der Waals surface area contributed by atoms with Crippen LogP contribution in [0.2, 0.25) is 5.02 Å². The van der Waals surface area contributed by atoms with Gasteiger partial charge in [-0.15, -0.1) is 0 Å². The summed E-state index contributed by atoms with van der Waals surface area (Å²) in [6.07, 6.45) is 4.70. The fourth-order valence-corrected chi connectivity index (χ4v) is 1.62. The number of amides is 1. The van der Waals surface area contributed by atoms with Crippen LogP contribution >= 0.6 is 11.6 Å². The molecule has 2 heterocycles. The van der Waals surface area contributed by atoms with Gasteiger partial charge in [-0.1, -0.05) is 11.6 Å². The maximum absolute atomic E-state index is 12.0. The van der Waals surface area contributed by atoms with Crippen LogP contribution in [0.3, 0.4) is 0 Å². The molecule has 0 spiro atoms. The minimum atomic E-state index is -0.299. The number of nitrogens with one attached hydrogen (secondary N) is 2. The summed E-state index contributed by atoms with van der Waals surface area (Å²) in [5, 5.41) is 9.83. The summed E-state index contributed by atoms with van der Waals surface area (Å²) in [6.45, 7) is 0. The smallest absolute Gasteiger partial charge is 0.257 e. The molecular weight excluding hydrogens is 254 g/mol. The van der Waals surface area contributed by atoms with Crippen molar-refractivity contribution in [2.24, 2.45) is 7.05 Å². The predicted molar refractivity (Wildman–Crippen MR) is 70.0 cm³/mol. The molecule has 1 amide bonds. The minimum absolute atomic E-state index is 0.299. The molecule has 7 heteroatoms. The van der Waals surface area contributed by atoms with Crippen molar-refractivity contribution in [3.63, 3.8) is 0 Å². The van der Waals surface area contributed by atoms with Gasteiger partial charge in [0.1, 0.15) is 5.82 Å². The van der Waals surface area contributed by atoms with Crippen LogP contribution in [0.1, 0.15) is 10.4 Å². The molecular formula is C11H12ClN5O. The minimum Gasteiger partial charge on any atom is -0.373 e. The number of hydrogen-bond acceptors (Lipinski definition) is 4. The molecule has 0 radical (unpaired) electrons. The Bertz CT molecular complexity index is 581. The van der Waals surface area contributed by atoms with E-state index in [1.54, 1.807) is 37.2 Å². The summed E-state index contributed by atoms with van der Waals surface area (Å²) in [6, 6.07) is 1.59. The molecule has 2 aromatic rings. The van der Waals surface area contributed by atoms with E-state index in [2.05, 4.69) is 20.7 Å². The van der Waals surface area contributed by atoms with E-state index in [9.17, 15) is 4.79 Å². The summed E-state index contributed by atoms with van der Waals surface area (Å²) in [4.78, 5) is 16.0. The van der Waals surface area contributed by atoms with Crippen molar-refractivity contribution < 1.29 is 4.79 Å². The molecule has 0 aromatic carbocycles. The third-order valence-electron chi connectivity index (χ3n) is 2.32. The Labute approximate surface area is 109 Å². The number of aryl methyl sites for hydroxylation is 1. The first-order valence-corrected chi connectivity index (χ1v) is 5.61. The molecule has 2 N–H and O–H groups in total. The Hall–Kier alpha value is -2.08. The zero-order valence-electron chi connectivity index (χ0n) is 9.94. The second kappa shape index (κ2) is 5.05. The van der Waals surface area contributed by atoms with Gasteiger partial charge in [0, 0.05) is 26.5 Å². The zero-order chi connectivity index (χ0) is 13.1. The summed E-state index contributed by atoms with van der Waals surface area (Å²) in [7, 11) is 3.49. The Morgan fingerprint density at radius 1 is 1.44 bits per heavy atom. The number of rotatable bonds is 3. The normalized spacial score (nSPS) is 10.2. The predicted octanol–water partition coefficient (Wildman–Crippen LogP) is 1.76. The van der Waals surface area contributed by atoms with Crippen LogP contribution in [0.5, 0.6) is 0 Å². The lowest BCUT2D eigenvalue weighted by Gasteiger charge is -2.06. The first-order chi connectivity index (χ1) is 8.60. The van der Waals surface area contributed by atoms with Crippen molar-refractivity contribution in [1.82, 2.24) is 14.8 Å². The number of carbonyl (C=O) groups excluding carboxylic acids is 1. The number of nitrogens with zero attached hydrogens (tertiary/aromatic N) is 3. The molecule has 0 fully saturated rings. The maximum Gasteiger partial charge on any atom is 0.257 e. The van der Waals surface area contributed by atoms with E-state index in [0.29, 0.717) is 22.1 Å². The van der Waals surface area contributed by atoms with Crippen LogP contribution in [0.4, 0.5) is 11.5 Å². The summed E-state index contributed by atoms with van der Waals surface area (Å²) in [5.74, 6) is 0.280. The van der Waals surface area contributed by atoms with Crippen molar-refractivity contribution in [3.8, 4) is 0 Å². The van der Waals surface area contributed by atoms with E-state index in [4.69, 9.17) is 11.6 Å². The van der Waals surface area contributed by atoms with Crippen molar-refractivity contribution in [3.05, 3.63) is 35.2 Å². The van der Waals surface area contributed by atoms with Crippen molar-refractivity contribution >= 4 is 29.0 Å². The lowest BCUT2D eigenvalue weighted by molar-refractivity contribution is 0.102.